The first kappa shape index (κ1) is 64.4. The predicted octanol–water partition coefficient (Wildman–Crippen LogP) is 7.81. The standard InChI is InChI=1S/C60H70N8O17S/c1-7-64(8-2)40-23-27-45-51(33-40)85-52-34-41(65(9-3)10-4)24-28-46(52)56(45)43-17-13-14-18-44(43)59(72)66-31-16-19-49(66)58(71)63-48(37-86(78,79)80)57(70)62-29-15-11-12-20-55(69)61-30-32-82-54-36-50(68(76)77)47(35-53(54)81-6)38(5)83-60(73)84-42-25-21-39(22-26-42)67(74)75/h13-14,17-18,21-28,33-36,38,48-49H,7-12,15-16,19-20,29-32,37H2,1-6H3,(H3-,61,62,63,69,70,71,78,79,80)/p+1. The molecule has 3 atom stereocenters. The molecule has 4 N–H and O–H groups in total. The number of ether oxygens (including phenoxy) is 4. The molecule has 0 bridgehead atoms. The van der Waals surface area contributed by atoms with Gasteiger partial charge in [-0.25, -0.2) is 9.37 Å². The number of unbranched alkanes of at least 4 members (excludes halogenated alkanes) is 2. The SMILES string of the molecule is CCN(CC)c1ccc2c(-c3ccccc3C(=O)N3CCCC3C(=O)NC(CS(=O)(=O)O)C(=O)NCCCCCC(=O)NCCOc3cc([N+](=O)[O-])c(C(C)OC(=O)Oc4ccc([N+](=O)[O-])cc4)cc3OC)c3ccc(=[N+](CC)CC)cc-3oc2c1. The van der Waals surface area contributed by atoms with Crippen LogP contribution in [0.3, 0.4) is 0 Å². The largest absolute Gasteiger partial charge is 0.514 e. The molecule has 0 aromatic heterocycles. The van der Waals surface area contributed by atoms with E-state index in [2.05, 4.69) is 53.1 Å². The van der Waals surface area contributed by atoms with Crippen LogP contribution in [0.2, 0.25) is 0 Å². The number of likely N-dealkylation sites (tertiary alicyclic amines) is 1. The molecule has 1 aliphatic carbocycles. The van der Waals surface area contributed by atoms with Crippen LogP contribution in [-0.4, -0.2) is 135 Å². The van der Waals surface area contributed by atoms with Crippen molar-refractivity contribution in [2.75, 3.05) is 70.2 Å². The first-order valence-corrected chi connectivity index (χ1v) is 30.0. The van der Waals surface area contributed by atoms with Gasteiger partial charge in [0.1, 0.15) is 60.7 Å². The molecule has 2 aliphatic heterocycles. The van der Waals surface area contributed by atoms with E-state index in [-0.39, 0.29) is 73.5 Å². The number of non-ortho nitro benzene ring substituents is 1. The van der Waals surface area contributed by atoms with E-state index < -0.39 is 73.5 Å². The van der Waals surface area contributed by atoms with Crippen LogP contribution in [0, 0.1) is 20.2 Å². The van der Waals surface area contributed by atoms with Crippen molar-refractivity contribution in [1.82, 2.24) is 25.4 Å². The Morgan fingerprint density at radius 1 is 0.837 bits per heavy atom. The van der Waals surface area contributed by atoms with E-state index in [1.807, 2.05) is 48.5 Å². The number of benzene rings is 5. The Kier molecular flexibility index (Phi) is 22.1. The molecule has 3 unspecified atom stereocenters. The second kappa shape index (κ2) is 29.6. The van der Waals surface area contributed by atoms with E-state index >= 15 is 0 Å². The highest BCUT2D eigenvalue weighted by atomic mass is 32.2. The number of hydrogen-bond acceptors (Lipinski definition) is 17. The lowest BCUT2D eigenvalue weighted by Gasteiger charge is -2.27. The molecular formula is C60H71N8O17S+. The normalized spacial score (nSPS) is 13.8. The Balaban J connectivity index is 0.921. The van der Waals surface area contributed by atoms with E-state index in [0.717, 1.165) is 71.9 Å². The fraction of sp³-hybridized carbons (Fsp3) is 0.400. The summed E-state index contributed by atoms with van der Waals surface area (Å²) in [6.07, 6.45) is -0.520. The molecule has 4 aromatic carbocycles. The average molecular weight is 1210 g/mol. The van der Waals surface area contributed by atoms with Crippen LogP contribution >= 0.6 is 0 Å². The molecule has 26 heteroatoms. The van der Waals surface area contributed by atoms with Crippen LogP contribution in [0.15, 0.2) is 101 Å². The molecule has 0 radical (unpaired) electrons. The monoisotopic (exact) mass is 1210 g/mol. The number of carbonyl (C=O) groups excluding carboxylic acids is 5. The van der Waals surface area contributed by atoms with Crippen LogP contribution in [-0.2, 0) is 29.2 Å². The van der Waals surface area contributed by atoms with Gasteiger partial charge in [0.25, 0.3) is 27.4 Å². The van der Waals surface area contributed by atoms with Gasteiger partial charge in [-0.05, 0) is 108 Å². The van der Waals surface area contributed by atoms with Crippen molar-refractivity contribution in [3.63, 3.8) is 0 Å². The zero-order valence-corrected chi connectivity index (χ0v) is 49.5. The highest BCUT2D eigenvalue weighted by Crippen LogP contribution is 2.43. The van der Waals surface area contributed by atoms with Gasteiger partial charge in [0.2, 0.25) is 23.1 Å². The van der Waals surface area contributed by atoms with Crippen LogP contribution in [0.5, 0.6) is 17.2 Å². The van der Waals surface area contributed by atoms with Gasteiger partial charge in [-0.2, -0.15) is 8.42 Å². The summed E-state index contributed by atoms with van der Waals surface area (Å²) in [7, 11) is -3.50. The predicted molar refractivity (Wildman–Crippen MR) is 319 cm³/mol. The van der Waals surface area contributed by atoms with Crippen molar-refractivity contribution in [3.8, 4) is 39.7 Å². The number of rotatable bonds is 28. The number of methoxy groups -OCH3 is 1. The maximum absolute atomic E-state index is 14.9. The van der Waals surface area contributed by atoms with Gasteiger partial charge < -0.3 is 49.1 Å². The molecular weight excluding hydrogens is 1140 g/mol. The molecule has 86 heavy (non-hydrogen) atoms. The molecule has 25 nitrogen and oxygen atoms in total. The van der Waals surface area contributed by atoms with Crippen LogP contribution in [0.25, 0.3) is 33.4 Å². The van der Waals surface area contributed by atoms with Gasteiger partial charge in [0.15, 0.2) is 11.5 Å². The van der Waals surface area contributed by atoms with Crippen LogP contribution < -0.4 is 45.0 Å². The molecule has 3 aliphatic rings. The van der Waals surface area contributed by atoms with Gasteiger partial charge in [0, 0.05) is 84.6 Å². The minimum atomic E-state index is -4.79. The quantitative estimate of drug-likeness (QED) is 0.00531. The molecule has 7 rings (SSSR count). The number of hydrogen-bond donors (Lipinski definition) is 4. The van der Waals surface area contributed by atoms with Gasteiger partial charge in [-0.1, -0.05) is 24.6 Å². The Morgan fingerprint density at radius 2 is 1.57 bits per heavy atom. The van der Waals surface area contributed by atoms with Crippen molar-refractivity contribution in [3.05, 3.63) is 134 Å². The lowest BCUT2D eigenvalue weighted by Crippen LogP contribution is -2.55. The lowest BCUT2D eigenvalue weighted by molar-refractivity contribution is -0.386. The highest BCUT2D eigenvalue weighted by Gasteiger charge is 2.38. The van der Waals surface area contributed by atoms with Crippen LogP contribution in [0.1, 0.15) is 95.2 Å². The van der Waals surface area contributed by atoms with Crippen molar-refractivity contribution in [2.24, 2.45) is 0 Å². The minimum absolute atomic E-state index is 0.00150. The molecule has 4 aromatic rings. The van der Waals surface area contributed by atoms with E-state index in [4.69, 9.17) is 23.4 Å². The van der Waals surface area contributed by atoms with Crippen molar-refractivity contribution >= 4 is 67.9 Å². The Morgan fingerprint density at radius 3 is 2.24 bits per heavy atom. The summed E-state index contributed by atoms with van der Waals surface area (Å²) >= 11 is 0. The summed E-state index contributed by atoms with van der Waals surface area (Å²) in [4.78, 5) is 93.0. The van der Waals surface area contributed by atoms with Gasteiger partial charge in [-0.3, -0.25) is 44.0 Å². The summed E-state index contributed by atoms with van der Waals surface area (Å²) in [5, 5.41) is 32.5. The Hall–Kier alpha value is -9.17. The first-order valence-electron chi connectivity index (χ1n) is 28.3. The zero-order chi connectivity index (χ0) is 62.2. The Bertz CT molecular complexity index is 3620. The summed E-state index contributed by atoms with van der Waals surface area (Å²) in [6, 6.07) is 23.4. The van der Waals surface area contributed by atoms with Crippen molar-refractivity contribution in [1.29, 1.82) is 0 Å². The molecule has 458 valence electrons. The summed E-state index contributed by atoms with van der Waals surface area (Å²) in [5.74, 6) is -2.98. The number of nitrogens with one attached hydrogen (secondary N) is 3. The van der Waals surface area contributed by atoms with Crippen LogP contribution in [0.4, 0.5) is 21.9 Å². The van der Waals surface area contributed by atoms with Gasteiger partial charge in [-0.15, -0.1) is 0 Å². The summed E-state index contributed by atoms with van der Waals surface area (Å²) < 4.78 is 64.6. The second-order valence-corrected chi connectivity index (χ2v) is 21.7. The van der Waals surface area contributed by atoms with Crippen molar-refractivity contribution in [2.45, 2.75) is 91.3 Å². The Labute approximate surface area is 496 Å². The summed E-state index contributed by atoms with van der Waals surface area (Å²) in [6.45, 7) is 12.9. The smallest absolute Gasteiger partial charge is 0.493 e. The van der Waals surface area contributed by atoms with E-state index in [0.29, 0.717) is 48.2 Å². The first-order chi connectivity index (χ1) is 41.2. The van der Waals surface area contributed by atoms with Crippen molar-refractivity contribution < 1.29 is 70.2 Å². The minimum Gasteiger partial charge on any atom is -0.493 e. The number of nitro benzene ring substituents is 2. The molecule has 4 amide bonds. The van der Waals surface area contributed by atoms with E-state index in [9.17, 15) is 57.2 Å². The maximum Gasteiger partial charge on any atom is 0.514 e. The van der Waals surface area contributed by atoms with Gasteiger partial charge >= 0.3 is 6.16 Å². The average Bonchev–Trinajstić information content (AvgIpc) is 1.17. The number of anilines is 1. The number of carbonyl (C=O) groups is 5. The highest BCUT2D eigenvalue weighted by molar-refractivity contribution is 7.85. The zero-order valence-electron chi connectivity index (χ0n) is 48.7. The molecule has 1 fully saturated rings. The number of amides is 4. The number of fused-ring (bicyclic) bond motifs is 2. The number of nitro groups is 2. The fourth-order valence-electron chi connectivity index (χ4n) is 10.4. The lowest BCUT2D eigenvalue weighted by atomic mass is 9.90. The molecule has 0 saturated carbocycles. The van der Waals surface area contributed by atoms with E-state index in [1.165, 1.54) is 37.1 Å². The molecule has 1 saturated heterocycles. The third kappa shape index (κ3) is 16.2. The third-order valence-electron chi connectivity index (χ3n) is 14.7. The molecule has 0 spiro atoms. The maximum atomic E-state index is 14.9. The van der Waals surface area contributed by atoms with Gasteiger partial charge in [0.05, 0.1) is 41.2 Å². The van der Waals surface area contributed by atoms with E-state index in [1.54, 1.807) is 12.1 Å². The summed E-state index contributed by atoms with van der Waals surface area (Å²) in [5.41, 5.74) is 3.32. The topological polar surface area (TPSA) is 322 Å². The molecule has 2 heterocycles. The fourth-order valence-corrected chi connectivity index (χ4v) is 11.0. The number of nitrogens with zero attached hydrogens (tertiary/aromatic N) is 5. The second-order valence-electron chi connectivity index (χ2n) is 20.2. The third-order valence-corrected chi connectivity index (χ3v) is 15.5.